The van der Waals surface area contributed by atoms with Crippen molar-refractivity contribution in [3.05, 3.63) is 51.6 Å². The number of hydrogen-bond acceptors (Lipinski definition) is 7. The highest BCUT2D eigenvalue weighted by Gasteiger charge is 2.27. The average molecular weight is 430 g/mol. The number of methoxy groups -OCH3 is 1. The number of benzene rings is 1. The lowest BCUT2D eigenvalue weighted by Crippen LogP contribution is -2.39. The van der Waals surface area contributed by atoms with E-state index >= 15 is 0 Å². The highest BCUT2D eigenvalue weighted by atomic mass is 16.5. The number of carbonyl (C=O) groups excluding carboxylic acids is 2. The van der Waals surface area contributed by atoms with Crippen molar-refractivity contribution in [2.75, 3.05) is 26.7 Å². The van der Waals surface area contributed by atoms with Crippen molar-refractivity contribution < 1.29 is 29.0 Å². The van der Waals surface area contributed by atoms with Crippen LogP contribution in [0.1, 0.15) is 42.3 Å². The van der Waals surface area contributed by atoms with E-state index in [0.717, 1.165) is 18.9 Å². The van der Waals surface area contributed by atoms with E-state index < -0.39 is 23.0 Å². The van der Waals surface area contributed by atoms with Gasteiger partial charge in [-0.05, 0) is 37.5 Å². The fraction of sp³-hybridized carbons (Fsp3) is 0.409. The van der Waals surface area contributed by atoms with E-state index in [0.29, 0.717) is 18.7 Å². The van der Waals surface area contributed by atoms with Crippen molar-refractivity contribution in [1.82, 2.24) is 10.2 Å². The molecule has 1 atom stereocenters. The van der Waals surface area contributed by atoms with Crippen molar-refractivity contribution in [1.29, 1.82) is 0 Å². The second-order valence-corrected chi connectivity index (χ2v) is 7.49. The number of phenolic OH excluding ortho intramolecular Hbond substituents is 1. The van der Waals surface area contributed by atoms with Crippen LogP contribution < -0.4 is 15.5 Å². The zero-order chi connectivity index (χ0) is 22.5. The van der Waals surface area contributed by atoms with Gasteiger partial charge in [-0.3, -0.25) is 14.4 Å². The van der Waals surface area contributed by atoms with Crippen LogP contribution in [0.25, 0.3) is 0 Å². The van der Waals surface area contributed by atoms with E-state index in [-0.39, 0.29) is 41.9 Å². The van der Waals surface area contributed by atoms with Crippen LogP contribution in [-0.2, 0) is 9.59 Å². The lowest BCUT2D eigenvalue weighted by Gasteiger charge is -2.19. The van der Waals surface area contributed by atoms with Gasteiger partial charge < -0.3 is 29.6 Å². The van der Waals surface area contributed by atoms with Crippen LogP contribution in [-0.4, -0.2) is 53.7 Å². The molecule has 1 aromatic carbocycles. The molecule has 0 saturated carbocycles. The Labute approximate surface area is 179 Å². The molecule has 9 nitrogen and oxygen atoms in total. The van der Waals surface area contributed by atoms with Crippen molar-refractivity contribution in [2.45, 2.75) is 32.1 Å². The molecule has 1 saturated heterocycles. The van der Waals surface area contributed by atoms with Crippen molar-refractivity contribution in [2.24, 2.45) is 0 Å². The predicted molar refractivity (Wildman–Crippen MR) is 111 cm³/mol. The molecule has 0 bridgehead atoms. The SMILES string of the molecule is COc1cc(C(CC(=O)NCC(=O)N2CCCC2)c2oc(C)cc(=O)c2O)ccc1O. The summed E-state index contributed by atoms with van der Waals surface area (Å²) in [6.07, 6.45) is 1.72. The molecule has 2 heterocycles. The Bertz CT molecular complexity index is 1030. The van der Waals surface area contributed by atoms with Crippen molar-refractivity contribution in [3.63, 3.8) is 0 Å². The minimum Gasteiger partial charge on any atom is -0.504 e. The number of carbonyl (C=O) groups is 2. The molecular weight excluding hydrogens is 404 g/mol. The Kier molecular flexibility index (Phi) is 6.84. The number of aromatic hydroxyl groups is 2. The van der Waals surface area contributed by atoms with Gasteiger partial charge in [0.15, 0.2) is 17.3 Å². The van der Waals surface area contributed by atoms with Crippen LogP contribution >= 0.6 is 0 Å². The Balaban J connectivity index is 1.86. The summed E-state index contributed by atoms with van der Waals surface area (Å²) in [5, 5.41) is 22.8. The Morgan fingerprint density at radius 2 is 1.94 bits per heavy atom. The molecule has 2 aromatic rings. The molecule has 1 aliphatic heterocycles. The fourth-order valence-corrected chi connectivity index (χ4v) is 3.64. The van der Waals surface area contributed by atoms with Gasteiger partial charge in [-0.2, -0.15) is 0 Å². The zero-order valence-electron chi connectivity index (χ0n) is 17.5. The van der Waals surface area contributed by atoms with Gasteiger partial charge in [-0.15, -0.1) is 0 Å². The van der Waals surface area contributed by atoms with E-state index in [4.69, 9.17) is 9.15 Å². The molecule has 31 heavy (non-hydrogen) atoms. The molecule has 3 N–H and O–H groups in total. The predicted octanol–water partition coefficient (Wildman–Crippen LogP) is 1.63. The minimum atomic E-state index is -0.844. The lowest BCUT2D eigenvalue weighted by molar-refractivity contribution is -0.132. The van der Waals surface area contributed by atoms with E-state index in [9.17, 15) is 24.6 Å². The van der Waals surface area contributed by atoms with Gasteiger partial charge in [0.05, 0.1) is 19.6 Å². The number of phenols is 1. The Morgan fingerprint density at radius 3 is 2.61 bits per heavy atom. The van der Waals surface area contributed by atoms with E-state index in [2.05, 4.69) is 5.32 Å². The number of rotatable bonds is 7. The van der Waals surface area contributed by atoms with E-state index in [1.807, 2.05) is 0 Å². The third-order valence-corrected chi connectivity index (χ3v) is 5.28. The summed E-state index contributed by atoms with van der Waals surface area (Å²) in [5.74, 6) is -1.77. The molecule has 1 aromatic heterocycles. The Morgan fingerprint density at radius 1 is 1.23 bits per heavy atom. The van der Waals surface area contributed by atoms with Crippen LogP contribution in [0.4, 0.5) is 0 Å². The molecule has 3 rings (SSSR count). The first-order valence-corrected chi connectivity index (χ1v) is 10.0. The number of nitrogens with zero attached hydrogens (tertiary/aromatic N) is 1. The maximum absolute atomic E-state index is 12.7. The third-order valence-electron chi connectivity index (χ3n) is 5.28. The topological polar surface area (TPSA) is 129 Å². The first-order chi connectivity index (χ1) is 14.8. The van der Waals surface area contributed by atoms with Gasteiger partial charge in [0, 0.05) is 25.6 Å². The first-order valence-electron chi connectivity index (χ1n) is 10.0. The first kappa shape index (κ1) is 22.2. The molecule has 2 amide bonds. The smallest absolute Gasteiger partial charge is 0.241 e. The largest absolute Gasteiger partial charge is 0.504 e. The summed E-state index contributed by atoms with van der Waals surface area (Å²) < 4.78 is 10.7. The minimum absolute atomic E-state index is 0.0706. The summed E-state index contributed by atoms with van der Waals surface area (Å²) >= 11 is 0. The summed E-state index contributed by atoms with van der Waals surface area (Å²) in [7, 11) is 1.38. The second-order valence-electron chi connectivity index (χ2n) is 7.49. The molecule has 1 aliphatic rings. The average Bonchev–Trinajstić information content (AvgIpc) is 3.28. The molecule has 0 radical (unpaired) electrons. The maximum atomic E-state index is 12.7. The lowest BCUT2D eigenvalue weighted by atomic mass is 9.91. The Hall–Kier alpha value is -3.49. The summed E-state index contributed by atoms with van der Waals surface area (Å²) in [6, 6.07) is 5.60. The molecule has 9 heteroatoms. The van der Waals surface area contributed by atoms with Gasteiger partial charge in [-0.1, -0.05) is 6.07 Å². The van der Waals surface area contributed by atoms with E-state index in [1.54, 1.807) is 17.9 Å². The normalized spacial score (nSPS) is 14.3. The second kappa shape index (κ2) is 9.55. The highest BCUT2D eigenvalue weighted by molar-refractivity contribution is 5.85. The molecule has 166 valence electrons. The summed E-state index contributed by atoms with van der Waals surface area (Å²) in [4.78, 5) is 38.7. The van der Waals surface area contributed by atoms with Crippen LogP contribution in [0, 0.1) is 6.92 Å². The van der Waals surface area contributed by atoms with Crippen molar-refractivity contribution in [3.8, 4) is 17.2 Å². The number of amides is 2. The molecule has 1 unspecified atom stereocenters. The van der Waals surface area contributed by atoms with Crippen LogP contribution in [0.3, 0.4) is 0 Å². The van der Waals surface area contributed by atoms with Crippen molar-refractivity contribution >= 4 is 11.8 Å². The molecule has 1 fully saturated rings. The molecule has 0 aliphatic carbocycles. The van der Waals surface area contributed by atoms with Gasteiger partial charge in [0.25, 0.3) is 0 Å². The highest BCUT2D eigenvalue weighted by Crippen LogP contribution is 2.37. The molecule has 0 spiro atoms. The number of hydrogen-bond donors (Lipinski definition) is 3. The monoisotopic (exact) mass is 430 g/mol. The van der Waals surface area contributed by atoms with Crippen LogP contribution in [0.5, 0.6) is 17.2 Å². The van der Waals surface area contributed by atoms with E-state index in [1.165, 1.54) is 19.2 Å². The van der Waals surface area contributed by atoms with Gasteiger partial charge in [0.2, 0.25) is 23.0 Å². The number of aryl methyl sites for hydroxylation is 1. The van der Waals surface area contributed by atoms with Gasteiger partial charge in [-0.25, -0.2) is 0 Å². The quantitative estimate of drug-likeness (QED) is 0.609. The number of ether oxygens (including phenoxy) is 1. The standard InChI is InChI=1S/C22H26N2O7/c1-13-9-17(26)21(29)22(31-13)15(14-5-6-16(25)18(10-14)30-2)11-19(27)23-12-20(28)24-7-3-4-8-24/h5-6,9-10,15,25,29H,3-4,7-8,11-12H2,1-2H3,(H,23,27). The van der Waals surface area contributed by atoms with Gasteiger partial charge in [0.1, 0.15) is 5.76 Å². The fourth-order valence-electron chi connectivity index (χ4n) is 3.64. The summed E-state index contributed by atoms with van der Waals surface area (Å²) in [5.41, 5.74) is -0.140. The van der Waals surface area contributed by atoms with Gasteiger partial charge >= 0.3 is 0 Å². The van der Waals surface area contributed by atoms with Crippen LogP contribution in [0.15, 0.2) is 33.5 Å². The zero-order valence-corrected chi connectivity index (χ0v) is 17.5. The third kappa shape index (κ3) is 5.17. The number of nitrogens with one attached hydrogen (secondary N) is 1. The van der Waals surface area contributed by atoms with Crippen LogP contribution in [0.2, 0.25) is 0 Å². The number of likely N-dealkylation sites (tertiary alicyclic amines) is 1. The maximum Gasteiger partial charge on any atom is 0.241 e. The summed E-state index contributed by atoms with van der Waals surface area (Å²) in [6.45, 7) is 2.81. The molecular formula is C22H26N2O7.